The third kappa shape index (κ3) is 6.48. The normalized spacial score (nSPS) is 16.0. The predicted molar refractivity (Wildman–Crippen MR) is 160 cm³/mol. The van der Waals surface area contributed by atoms with Crippen molar-refractivity contribution in [2.75, 3.05) is 20.2 Å². The number of alkyl halides is 2. The zero-order chi connectivity index (χ0) is 31.5. The van der Waals surface area contributed by atoms with Gasteiger partial charge in [-0.15, -0.1) is 0 Å². The lowest BCUT2D eigenvalue weighted by Gasteiger charge is -2.20. The third-order valence-corrected chi connectivity index (χ3v) is 7.89. The molecule has 0 spiro atoms. The Morgan fingerprint density at radius 3 is 2.66 bits per heavy atom. The Kier molecular flexibility index (Phi) is 9.36. The van der Waals surface area contributed by atoms with Gasteiger partial charge in [-0.3, -0.25) is 9.78 Å². The van der Waals surface area contributed by atoms with E-state index in [9.17, 15) is 22.8 Å². The average Bonchev–Trinajstić information content (AvgIpc) is 3.76. The molecule has 6 rings (SSSR count). The summed E-state index contributed by atoms with van der Waals surface area (Å²) in [5, 5.41) is 3.36. The number of hydrogen-bond donors (Lipinski definition) is 2. The number of nitrogens with zero attached hydrogens (tertiary/aromatic N) is 2. The standard InChI is InChI=1S/C31H25ClF3N3O4.CH5N/c1-15-6-18-7-19(9-26(42-31(34)35)27(18)36-11-15)30(40)37-12-22(16-2-3-16)25-10-21-20(13-39)14-41-29(21)28(38-25)17-4-5-24(33)23(32)8-17;1-2/h4-11,13,16,20,22,31H,2-3,12,14H2,1H3,(H,37,40);2H2,1H3. The van der Waals surface area contributed by atoms with Gasteiger partial charge in [0.2, 0.25) is 0 Å². The number of carbonyl (C=O) groups excluding carboxylic acids is 2. The Morgan fingerprint density at radius 1 is 1.20 bits per heavy atom. The summed E-state index contributed by atoms with van der Waals surface area (Å²) in [5.74, 6) is -1.24. The summed E-state index contributed by atoms with van der Waals surface area (Å²) >= 11 is 6.06. The molecule has 2 aromatic heterocycles. The zero-order valence-corrected chi connectivity index (χ0v) is 24.7. The Hall–Kier alpha value is -4.22. The van der Waals surface area contributed by atoms with Crippen molar-refractivity contribution in [3.05, 3.63) is 81.9 Å². The molecule has 12 heteroatoms. The maximum atomic E-state index is 13.9. The minimum absolute atomic E-state index is 0.0691. The Labute approximate surface area is 256 Å². The fourth-order valence-electron chi connectivity index (χ4n) is 5.36. The van der Waals surface area contributed by atoms with Crippen molar-refractivity contribution in [3.8, 4) is 22.8 Å². The summed E-state index contributed by atoms with van der Waals surface area (Å²) in [5.41, 5.74) is 8.00. The van der Waals surface area contributed by atoms with Crippen molar-refractivity contribution in [2.24, 2.45) is 11.7 Å². The third-order valence-electron chi connectivity index (χ3n) is 7.60. The summed E-state index contributed by atoms with van der Waals surface area (Å²) in [4.78, 5) is 34.2. The molecule has 1 aliphatic heterocycles. The number of halogens is 4. The lowest BCUT2D eigenvalue weighted by Crippen LogP contribution is -2.30. The highest BCUT2D eigenvalue weighted by atomic mass is 35.5. The second-order valence-corrected chi connectivity index (χ2v) is 11.0. The zero-order valence-electron chi connectivity index (χ0n) is 24.0. The molecule has 4 aromatic rings. The monoisotopic (exact) mass is 626 g/mol. The van der Waals surface area contributed by atoms with Crippen molar-refractivity contribution < 1.29 is 32.2 Å². The number of carbonyl (C=O) groups is 2. The first kappa shape index (κ1) is 31.2. The van der Waals surface area contributed by atoms with Crippen LogP contribution < -0.4 is 20.5 Å². The van der Waals surface area contributed by atoms with Crippen LogP contribution in [0.2, 0.25) is 5.02 Å². The minimum atomic E-state index is -3.08. The molecule has 0 saturated heterocycles. The first-order chi connectivity index (χ1) is 21.2. The van der Waals surface area contributed by atoms with Gasteiger partial charge < -0.3 is 25.3 Å². The SMILES string of the molecule is CN.Cc1cnc2c(OC(F)F)cc(C(=O)NCC(c3cc4c(c(-c5ccc(F)c(Cl)c5)n3)OCC4C=O)C3CC3)cc2c1. The number of ether oxygens (including phenoxy) is 2. The number of benzene rings is 2. The Morgan fingerprint density at radius 2 is 1.98 bits per heavy atom. The van der Waals surface area contributed by atoms with E-state index in [-0.39, 0.29) is 46.8 Å². The van der Waals surface area contributed by atoms with Crippen molar-refractivity contribution in [2.45, 2.75) is 38.2 Å². The Balaban J connectivity index is 0.00000188. The molecule has 8 nitrogen and oxygen atoms in total. The summed E-state index contributed by atoms with van der Waals surface area (Å²) in [6.07, 6.45) is 4.22. The van der Waals surface area contributed by atoms with E-state index in [1.165, 1.54) is 25.2 Å². The summed E-state index contributed by atoms with van der Waals surface area (Å²) in [7, 11) is 1.50. The van der Waals surface area contributed by atoms with E-state index < -0.39 is 24.3 Å². The molecule has 0 bridgehead atoms. The van der Waals surface area contributed by atoms with Crippen LogP contribution in [0.5, 0.6) is 11.5 Å². The number of rotatable bonds is 9. The predicted octanol–water partition coefficient (Wildman–Crippen LogP) is 6.17. The molecule has 1 aliphatic carbocycles. The minimum Gasteiger partial charge on any atom is -0.490 e. The molecular weight excluding hydrogens is 597 g/mol. The van der Waals surface area contributed by atoms with E-state index >= 15 is 0 Å². The molecule has 1 amide bonds. The van der Waals surface area contributed by atoms with Crippen LogP contribution in [0.15, 0.2) is 48.7 Å². The molecule has 0 radical (unpaired) electrons. The topological polar surface area (TPSA) is 116 Å². The highest BCUT2D eigenvalue weighted by Gasteiger charge is 2.36. The van der Waals surface area contributed by atoms with Crippen LogP contribution in [0.3, 0.4) is 0 Å². The van der Waals surface area contributed by atoms with Gasteiger partial charge in [0.1, 0.15) is 35.7 Å². The first-order valence-corrected chi connectivity index (χ1v) is 14.4. The summed E-state index contributed by atoms with van der Waals surface area (Å²) < 4.78 is 50.7. The van der Waals surface area contributed by atoms with E-state index in [2.05, 4.69) is 20.8 Å². The van der Waals surface area contributed by atoms with E-state index in [4.69, 9.17) is 21.3 Å². The molecule has 230 valence electrons. The molecular formula is C32H30ClF3N4O4. The number of nitrogens with one attached hydrogen (secondary N) is 1. The van der Waals surface area contributed by atoms with Crippen LogP contribution in [0.4, 0.5) is 13.2 Å². The number of aryl methyl sites for hydroxylation is 1. The highest BCUT2D eigenvalue weighted by Crippen LogP contribution is 2.46. The van der Waals surface area contributed by atoms with Crippen LogP contribution in [0.1, 0.15) is 51.9 Å². The number of aldehydes is 1. The first-order valence-electron chi connectivity index (χ1n) is 14.0. The second-order valence-electron chi connectivity index (χ2n) is 10.6. The lowest BCUT2D eigenvalue weighted by molar-refractivity contribution is -0.109. The molecule has 2 aliphatic rings. The van der Waals surface area contributed by atoms with E-state index in [1.54, 1.807) is 24.4 Å². The molecule has 2 unspecified atom stereocenters. The van der Waals surface area contributed by atoms with Gasteiger partial charge in [0, 0.05) is 46.4 Å². The Bertz CT molecular complexity index is 1720. The fourth-order valence-corrected chi connectivity index (χ4v) is 5.55. The van der Waals surface area contributed by atoms with Crippen molar-refractivity contribution in [1.29, 1.82) is 0 Å². The van der Waals surface area contributed by atoms with Gasteiger partial charge in [-0.2, -0.15) is 8.78 Å². The number of fused-ring (bicyclic) bond motifs is 2. The number of nitrogens with two attached hydrogens (primary N) is 1. The highest BCUT2D eigenvalue weighted by molar-refractivity contribution is 6.31. The number of hydrogen-bond acceptors (Lipinski definition) is 7. The maximum Gasteiger partial charge on any atom is 0.387 e. The molecule has 2 atom stereocenters. The van der Waals surface area contributed by atoms with E-state index in [1.807, 2.05) is 13.0 Å². The lowest BCUT2D eigenvalue weighted by atomic mass is 9.93. The smallest absolute Gasteiger partial charge is 0.387 e. The van der Waals surface area contributed by atoms with Gasteiger partial charge >= 0.3 is 6.61 Å². The van der Waals surface area contributed by atoms with Crippen molar-refractivity contribution in [3.63, 3.8) is 0 Å². The van der Waals surface area contributed by atoms with Crippen LogP contribution in [-0.2, 0) is 4.79 Å². The van der Waals surface area contributed by atoms with Gasteiger partial charge in [0.05, 0.1) is 10.9 Å². The van der Waals surface area contributed by atoms with Crippen molar-refractivity contribution in [1.82, 2.24) is 15.3 Å². The molecule has 1 saturated carbocycles. The molecule has 44 heavy (non-hydrogen) atoms. The van der Waals surface area contributed by atoms with E-state index in [0.29, 0.717) is 33.7 Å². The van der Waals surface area contributed by atoms with Gasteiger partial charge in [0.25, 0.3) is 5.91 Å². The second kappa shape index (κ2) is 13.2. The van der Waals surface area contributed by atoms with Gasteiger partial charge in [-0.05, 0) is 80.8 Å². The number of aromatic nitrogens is 2. The number of pyridine rings is 2. The number of amides is 1. The molecule has 2 aromatic carbocycles. The summed E-state index contributed by atoms with van der Waals surface area (Å²) in [6.45, 7) is -0.897. The van der Waals surface area contributed by atoms with Crippen LogP contribution in [0, 0.1) is 18.7 Å². The quantitative estimate of drug-likeness (QED) is 0.213. The summed E-state index contributed by atoms with van der Waals surface area (Å²) in [6, 6.07) is 10.7. The van der Waals surface area contributed by atoms with Gasteiger partial charge in [-0.25, -0.2) is 9.37 Å². The maximum absolute atomic E-state index is 13.9. The van der Waals surface area contributed by atoms with Crippen LogP contribution >= 0.6 is 11.6 Å². The molecule has 3 heterocycles. The van der Waals surface area contributed by atoms with Crippen LogP contribution in [-0.4, -0.2) is 49.0 Å². The van der Waals surface area contributed by atoms with Gasteiger partial charge in [-0.1, -0.05) is 11.6 Å². The van der Waals surface area contributed by atoms with E-state index in [0.717, 1.165) is 24.7 Å². The average molecular weight is 627 g/mol. The van der Waals surface area contributed by atoms with Crippen LogP contribution in [0.25, 0.3) is 22.2 Å². The van der Waals surface area contributed by atoms with Crippen molar-refractivity contribution >= 4 is 34.7 Å². The largest absolute Gasteiger partial charge is 0.490 e. The fraction of sp³-hybridized carbons (Fsp3) is 0.312. The van der Waals surface area contributed by atoms with Gasteiger partial charge in [0.15, 0.2) is 5.75 Å². The molecule has 1 fully saturated rings. The molecule has 3 N–H and O–H groups in total.